The number of hydrogen-bond donors (Lipinski definition) is 0. The van der Waals surface area contributed by atoms with Crippen LogP contribution in [-0.4, -0.2) is 9.58 Å². The highest BCUT2D eigenvalue weighted by atomic mass is 127. The maximum absolute atomic E-state index is 2.65. The van der Waals surface area contributed by atoms with E-state index < -0.39 is 0 Å². The van der Waals surface area contributed by atoms with Crippen molar-refractivity contribution in [1.82, 2.24) is 0 Å². The predicted octanol–water partition coefficient (Wildman–Crippen LogP) is 6.68. The fraction of sp³-hybridized carbons (Fsp3) is 0.556. The average molecular weight is 398 g/mol. The van der Waals surface area contributed by atoms with Gasteiger partial charge in [0.1, 0.15) is 0 Å². The summed E-state index contributed by atoms with van der Waals surface area (Å²) in [5, 5.41) is 3.45. The first-order valence-electron chi connectivity index (χ1n) is 8.00. The van der Waals surface area contributed by atoms with Crippen LogP contribution in [0.15, 0.2) is 47.1 Å². The van der Waals surface area contributed by atoms with Gasteiger partial charge in [-0.3, -0.25) is 0 Å². The summed E-state index contributed by atoms with van der Waals surface area (Å²) in [7, 11) is -0.0534. The van der Waals surface area contributed by atoms with Crippen molar-refractivity contribution in [2.75, 3.05) is 0 Å². The quantitative estimate of drug-likeness (QED) is 0.283. The fourth-order valence-corrected chi connectivity index (χ4v) is 7.44. The van der Waals surface area contributed by atoms with E-state index in [1.807, 2.05) is 0 Å². The Hall–Kier alpha value is 0.120. The molecule has 108 valence electrons. The molecule has 0 nitrogen and oxygen atoms in total. The van der Waals surface area contributed by atoms with Crippen LogP contribution >= 0.6 is 30.5 Å². The van der Waals surface area contributed by atoms with Gasteiger partial charge >= 0.3 is 0 Å². The van der Waals surface area contributed by atoms with Crippen LogP contribution in [0.5, 0.6) is 0 Å². The molecule has 1 unspecified atom stereocenters. The van der Waals surface area contributed by atoms with Crippen molar-refractivity contribution in [2.45, 2.75) is 61.0 Å². The van der Waals surface area contributed by atoms with Gasteiger partial charge in [-0.05, 0) is 75.6 Å². The van der Waals surface area contributed by atoms with Crippen molar-refractivity contribution >= 4 is 30.5 Å². The van der Waals surface area contributed by atoms with Crippen LogP contribution in [0.2, 0.25) is 0 Å². The van der Waals surface area contributed by atoms with Crippen LogP contribution in [0.4, 0.5) is 0 Å². The molecule has 1 atom stereocenters. The summed E-state index contributed by atoms with van der Waals surface area (Å²) in [6.45, 7) is 0. The Balaban J connectivity index is 1.83. The van der Waals surface area contributed by atoms with E-state index in [-0.39, 0.29) is 7.92 Å². The van der Waals surface area contributed by atoms with Crippen molar-refractivity contribution in [3.63, 3.8) is 0 Å². The van der Waals surface area contributed by atoms with Crippen LogP contribution in [0.25, 0.3) is 0 Å². The molecule has 3 aliphatic rings. The lowest BCUT2D eigenvalue weighted by Crippen LogP contribution is -2.18. The second kappa shape index (κ2) is 7.40. The molecule has 0 aliphatic heterocycles. The van der Waals surface area contributed by atoms with E-state index in [9.17, 15) is 0 Å². The maximum atomic E-state index is 2.65. The molecule has 3 aliphatic carbocycles. The predicted molar refractivity (Wildman–Crippen MR) is 99.9 cm³/mol. The maximum Gasteiger partial charge on any atom is 0.0110 e. The number of rotatable bonds is 3. The molecule has 0 heterocycles. The Bertz CT molecular complexity index is 450. The first-order valence-corrected chi connectivity index (χ1v) is 10.7. The number of allylic oxidation sites excluding steroid dienone is 8. The zero-order valence-corrected chi connectivity index (χ0v) is 15.2. The summed E-state index contributed by atoms with van der Waals surface area (Å²) in [6, 6.07) is 0. The van der Waals surface area contributed by atoms with Crippen LogP contribution < -0.4 is 0 Å². The molecule has 2 heteroatoms. The molecule has 1 fully saturated rings. The Morgan fingerprint density at radius 1 is 1.00 bits per heavy atom. The van der Waals surface area contributed by atoms with Crippen molar-refractivity contribution in [3.05, 3.63) is 47.1 Å². The highest BCUT2D eigenvalue weighted by molar-refractivity contribution is 14.1. The van der Waals surface area contributed by atoms with Gasteiger partial charge in [0.2, 0.25) is 0 Å². The van der Waals surface area contributed by atoms with Gasteiger partial charge in [-0.2, -0.15) is 0 Å². The molecule has 0 aromatic heterocycles. The fourth-order valence-electron chi connectivity index (χ4n) is 3.47. The molecule has 0 bridgehead atoms. The molecule has 0 radical (unpaired) electrons. The summed E-state index contributed by atoms with van der Waals surface area (Å²) in [6.07, 6.45) is 25.3. The van der Waals surface area contributed by atoms with Gasteiger partial charge in [0.15, 0.2) is 0 Å². The molecule has 20 heavy (non-hydrogen) atoms. The average Bonchev–Trinajstić information content (AvgIpc) is 2.52. The minimum atomic E-state index is -0.0534. The normalized spacial score (nSPS) is 31.6. The van der Waals surface area contributed by atoms with Crippen LogP contribution in [0.1, 0.15) is 51.4 Å². The summed E-state index contributed by atoms with van der Waals surface area (Å²) in [5.41, 5.74) is 0.947. The van der Waals surface area contributed by atoms with Gasteiger partial charge in [-0.25, -0.2) is 0 Å². The first kappa shape index (κ1) is 15.0. The number of alkyl halides is 1. The molecule has 0 saturated heterocycles. The van der Waals surface area contributed by atoms with E-state index in [1.165, 1.54) is 51.4 Å². The third kappa shape index (κ3) is 3.65. The monoisotopic (exact) mass is 398 g/mol. The molecule has 0 aromatic rings. The van der Waals surface area contributed by atoms with Gasteiger partial charge in [-0.15, -0.1) is 0 Å². The standard InChI is InChI=1S/C18H24IP/c19-15-11-13-18(14-12-15)20(16-7-3-1-4-8-16)17-9-5-2-6-10-17/h1,3,5,7,9-10,15,18H,2,4,6,8,11-14H2. The largest absolute Gasteiger partial charge is 0.0842 e. The molecule has 0 spiro atoms. The van der Waals surface area contributed by atoms with E-state index in [4.69, 9.17) is 0 Å². The topological polar surface area (TPSA) is 0 Å². The third-order valence-electron chi connectivity index (χ3n) is 4.55. The van der Waals surface area contributed by atoms with E-state index in [0.29, 0.717) is 0 Å². The summed E-state index contributed by atoms with van der Waals surface area (Å²) in [5.74, 6) is 0. The first-order chi connectivity index (χ1) is 9.84. The lowest BCUT2D eigenvalue weighted by Gasteiger charge is -2.36. The van der Waals surface area contributed by atoms with Crippen LogP contribution in [0, 0.1) is 0 Å². The van der Waals surface area contributed by atoms with Gasteiger partial charge in [0.25, 0.3) is 0 Å². The Morgan fingerprint density at radius 3 is 2.50 bits per heavy atom. The lowest BCUT2D eigenvalue weighted by atomic mass is 10.0. The molecular formula is C18H24IP. The molecule has 0 N–H and O–H groups in total. The second-order valence-corrected chi connectivity index (χ2v) is 10.3. The summed E-state index contributed by atoms with van der Waals surface area (Å²) in [4.78, 5) is 0. The third-order valence-corrected chi connectivity index (χ3v) is 8.92. The SMILES string of the molecule is IC1CCC(P(C2=CCCC=C2)C2=CC=CCC2)CC1. The zero-order chi connectivity index (χ0) is 13.8. The molecule has 3 rings (SSSR count). The van der Waals surface area contributed by atoms with E-state index in [1.54, 1.807) is 10.6 Å². The minimum Gasteiger partial charge on any atom is -0.0842 e. The zero-order valence-electron chi connectivity index (χ0n) is 12.1. The van der Waals surface area contributed by atoms with Crippen molar-refractivity contribution in [2.24, 2.45) is 0 Å². The second-order valence-electron chi connectivity index (χ2n) is 6.01. The Morgan fingerprint density at radius 2 is 1.85 bits per heavy atom. The molecule has 0 aromatic carbocycles. The number of hydrogen-bond acceptors (Lipinski definition) is 0. The molecule has 1 saturated carbocycles. The van der Waals surface area contributed by atoms with Gasteiger partial charge in [-0.1, -0.05) is 59.0 Å². The van der Waals surface area contributed by atoms with Gasteiger partial charge < -0.3 is 0 Å². The number of halogens is 1. The van der Waals surface area contributed by atoms with Crippen molar-refractivity contribution in [1.29, 1.82) is 0 Å². The molecular weight excluding hydrogens is 374 g/mol. The minimum absolute atomic E-state index is 0.0534. The van der Waals surface area contributed by atoms with Gasteiger partial charge in [0.05, 0.1) is 0 Å². The van der Waals surface area contributed by atoms with Crippen LogP contribution in [0.3, 0.4) is 0 Å². The Labute approximate surface area is 138 Å². The lowest BCUT2D eigenvalue weighted by molar-refractivity contribution is 0.536. The van der Waals surface area contributed by atoms with E-state index in [0.717, 1.165) is 9.58 Å². The molecule has 0 amide bonds. The Kier molecular flexibility index (Phi) is 5.56. The van der Waals surface area contributed by atoms with E-state index >= 15 is 0 Å². The van der Waals surface area contributed by atoms with E-state index in [2.05, 4.69) is 59.0 Å². The van der Waals surface area contributed by atoms with Crippen molar-refractivity contribution < 1.29 is 0 Å². The summed E-state index contributed by atoms with van der Waals surface area (Å²) < 4.78 is 0.928. The van der Waals surface area contributed by atoms with Crippen LogP contribution in [-0.2, 0) is 0 Å². The highest BCUT2D eigenvalue weighted by Crippen LogP contribution is 2.62. The summed E-state index contributed by atoms with van der Waals surface area (Å²) >= 11 is 2.65. The highest BCUT2D eigenvalue weighted by Gasteiger charge is 2.30. The smallest absolute Gasteiger partial charge is 0.0110 e. The van der Waals surface area contributed by atoms with Crippen molar-refractivity contribution in [3.8, 4) is 0 Å². The van der Waals surface area contributed by atoms with Gasteiger partial charge in [0, 0.05) is 3.92 Å².